The molecular weight excluding hydrogens is 464 g/mol. The molecule has 1 atom stereocenters. The zero-order chi connectivity index (χ0) is 25.5. The van der Waals surface area contributed by atoms with E-state index < -0.39 is 6.04 Å². The van der Waals surface area contributed by atoms with E-state index in [0.717, 1.165) is 22.3 Å². The van der Waals surface area contributed by atoms with Crippen LogP contribution in [0.1, 0.15) is 28.3 Å². The molecule has 186 valence electrons. The summed E-state index contributed by atoms with van der Waals surface area (Å²) in [5.74, 6) is 0.983. The van der Waals surface area contributed by atoms with Crippen molar-refractivity contribution in [3.05, 3.63) is 131 Å². The molecule has 1 aliphatic heterocycles. The molecule has 0 radical (unpaired) electrons. The molecule has 4 aromatic rings. The summed E-state index contributed by atoms with van der Waals surface area (Å²) in [5.41, 5.74) is 3.49. The number of amides is 2. The minimum Gasteiger partial charge on any atom is -0.454 e. The second-order valence-corrected chi connectivity index (χ2v) is 8.89. The van der Waals surface area contributed by atoms with Gasteiger partial charge in [0.1, 0.15) is 6.04 Å². The van der Waals surface area contributed by atoms with Gasteiger partial charge in [-0.3, -0.25) is 9.59 Å². The van der Waals surface area contributed by atoms with Gasteiger partial charge in [0, 0.05) is 13.1 Å². The van der Waals surface area contributed by atoms with Crippen LogP contribution in [0.15, 0.2) is 109 Å². The van der Waals surface area contributed by atoms with Crippen LogP contribution in [0.3, 0.4) is 0 Å². The molecule has 6 heteroatoms. The molecule has 1 heterocycles. The number of carbonyl (C=O) groups excluding carboxylic acids is 2. The second kappa shape index (κ2) is 11.4. The highest BCUT2D eigenvalue weighted by atomic mass is 16.7. The minimum atomic E-state index is -0.799. The van der Waals surface area contributed by atoms with Gasteiger partial charge in [0.05, 0.1) is 6.42 Å². The van der Waals surface area contributed by atoms with Crippen LogP contribution in [0.4, 0.5) is 0 Å². The van der Waals surface area contributed by atoms with Crippen molar-refractivity contribution in [1.29, 1.82) is 0 Å². The van der Waals surface area contributed by atoms with Crippen molar-refractivity contribution in [3.63, 3.8) is 0 Å². The van der Waals surface area contributed by atoms with Crippen molar-refractivity contribution in [1.82, 2.24) is 10.2 Å². The number of nitrogens with zero attached hydrogens (tertiary/aromatic N) is 1. The third-order valence-electron chi connectivity index (χ3n) is 6.29. The molecule has 0 bridgehead atoms. The summed E-state index contributed by atoms with van der Waals surface area (Å²) in [7, 11) is 0. The Bertz CT molecular complexity index is 1340. The summed E-state index contributed by atoms with van der Waals surface area (Å²) in [4.78, 5) is 29.2. The van der Waals surface area contributed by atoms with Crippen molar-refractivity contribution >= 4 is 11.8 Å². The Balaban J connectivity index is 1.43. The van der Waals surface area contributed by atoms with Crippen LogP contribution in [0.2, 0.25) is 0 Å². The summed E-state index contributed by atoms with van der Waals surface area (Å²) in [5, 5.41) is 3.04. The molecule has 0 spiro atoms. The van der Waals surface area contributed by atoms with Gasteiger partial charge in [-0.05, 0) is 34.4 Å². The molecule has 0 fully saturated rings. The number of hydrogen-bond acceptors (Lipinski definition) is 4. The fourth-order valence-corrected chi connectivity index (χ4v) is 4.42. The lowest BCUT2D eigenvalue weighted by molar-refractivity contribution is -0.141. The standard InChI is InChI=1S/C31H28N2O4/c34-29(19-23-10-4-1-5-11-23)33(21-24-12-6-2-7-13-24)30(26-14-8-3-9-15-26)31(35)32-20-25-16-17-27-28(18-25)37-22-36-27/h1-18,30H,19-22H2,(H,32,35). The maximum Gasteiger partial charge on any atom is 0.247 e. The van der Waals surface area contributed by atoms with E-state index in [1.165, 1.54) is 0 Å². The monoisotopic (exact) mass is 492 g/mol. The van der Waals surface area contributed by atoms with Gasteiger partial charge in [0.15, 0.2) is 11.5 Å². The molecule has 0 aliphatic carbocycles. The summed E-state index contributed by atoms with van der Waals surface area (Å²) in [6, 6.07) is 33.6. The van der Waals surface area contributed by atoms with Crippen molar-refractivity contribution in [2.45, 2.75) is 25.6 Å². The number of hydrogen-bond donors (Lipinski definition) is 1. The number of carbonyl (C=O) groups is 2. The topological polar surface area (TPSA) is 67.9 Å². The fourth-order valence-electron chi connectivity index (χ4n) is 4.42. The molecule has 5 rings (SSSR count). The van der Waals surface area contributed by atoms with Crippen molar-refractivity contribution < 1.29 is 19.1 Å². The van der Waals surface area contributed by atoms with Gasteiger partial charge in [0.25, 0.3) is 0 Å². The molecule has 1 unspecified atom stereocenters. The van der Waals surface area contributed by atoms with E-state index in [-0.39, 0.29) is 25.0 Å². The fraction of sp³-hybridized carbons (Fsp3) is 0.161. The predicted molar refractivity (Wildman–Crippen MR) is 141 cm³/mol. The number of rotatable bonds is 9. The maximum absolute atomic E-state index is 13.8. The molecule has 37 heavy (non-hydrogen) atoms. The number of ether oxygens (including phenoxy) is 2. The van der Waals surface area contributed by atoms with Crippen LogP contribution in [0, 0.1) is 0 Å². The zero-order valence-corrected chi connectivity index (χ0v) is 20.4. The Hall–Kier alpha value is -4.58. The molecular formula is C31H28N2O4. The third-order valence-corrected chi connectivity index (χ3v) is 6.29. The Morgan fingerprint density at radius 2 is 1.35 bits per heavy atom. The molecule has 6 nitrogen and oxygen atoms in total. The lowest BCUT2D eigenvalue weighted by Crippen LogP contribution is -2.43. The summed E-state index contributed by atoms with van der Waals surface area (Å²) in [6.45, 7) is 0.799. The summed E-state index contributed by atoms with van der Waals surface area (Å²) < 4.78 is 10.9. The van der Waals surface area contributed by atoms with Crippen molar-refractivity contribution in [2.75, 3.05) is 6.79 Å². The molecule has 0 aromatic heterocycles. The Labute approximate surface area is 216 Å². The lowest BCUT2D eigenvalue weighted by atomic mass is 10.0. The van der Waals surface area contributed by atoms with E-state index in [9.17, 15) is 9.59 Å². The first-order valence-electron chi connectivity index (χ1n) is 12.3. The Morgan fingerprint density at radius 3 is 2.05 bits per heavy atom. The normalized spacial score (nSPS) is 12.5. The molecule has 1 aliphatic rings. The van der Waals surface area contributed by atoms with E-state index in [1.54, 1.807) is 4.90 Å². The van der Waals surface area contributed by atoms with Gasteiger partial charge in [-0.15, -0.1) is 0 Å². The zero-order valence-electron chi connectivity index (χ0n) is 20.4. The second-order valence-electron chi connectivity index (χ2n) is 8.89. The van der Waals surface area contributed by atoms with Gasteiger partial charge in [0.2, 0.25) is 18.6 Å². The van der Waals surface area contributed by atoms with Crippen LogP contribution in [0.5, 0.6) is 11.5 Å². The van der Waals surface area contributed by atoms with Crippen molar-refractivity contribution in [3.8, 4) is 11.5 Å². The van der Waals surface area contributed by atoms with Crippen LogP contribution < -0.4 is 14.8 Å². The average Bonchev–Trinajstić information content (AvgIpc) is 3.41. The Kier molecular flexibility index (Phi) is 7.46. The maximum atomic E-state index is 13.8. The smallest absolute Gasteiger partial charge is 0.247 e. The SMILES string of the molecule is O=C(NCc1ccc2c(c1)OCO2)C(c1ccccc1)N(Cc1ccccc1)C(=O)Cc1ccccc1. The predicted octanol–water partition coefficient (Wildman–Crippen LogP) is 5.04. The van der Waals surface area contributed by atoms with Gasteiger partial charge in [-0.2, -0.15) is 0 Å². The third kappa shape index (κ3) is 5.98. The first kappa shape index (κ1) is 24.1. The van der Waals surface area contributed by atoms with E-state index >= 15 is 0 Å². The molecule has 0 saturated heterocycles. The van der Waals surface area contributed by atoms with Gasteiger partial charge in [-0.1, -0.05) is 97.1 Å². The lowest BCUT2D eigenvalue weighted by Gasteiger charge is -2.32. The largest absolute Gasteiger partial charge is 0.454 e. The number of nitrogens with one attached hydrogen (secondary N) is 1. The Morgan fingerprint density at radius 1 is 0.730 bits per heavy atom. The average molecular weight is 493 g/mol. The molecule has 1 N–H and O–H groups in total. The summed E-state index contributed by atoms with van der Waals surface area (Å²) >= 11 is 0. The molecule has 0 saturated carbocycles. The highest BCUT2D eigenvalue weighted by Crippen LogP contribution is 2.32. The number of fused-ring (bicyclic) bond motifs is 1. The van der Waals surface area contributed by atoms with E-state index in [0.29, 0.717) is 24.6 Å². The highest BCUT2D eigenvalue weighted by Gasteiger charge is 2.31. The first-order valence-corrected chi connectivity index (χ1v) is 12.3. The quantitative estimate of drug-likeness (QED) is 0.355. The first-order chi connectivity index (χ1) is 18.2. The molecule has 2 amide bonds. The summed E-state index contributed by atoms with van der Waals surface area (Å²) in [6.07, 6.45) is 0.201. The van der Waals surface area contributed by atoms with Gasteiger partial charge in [-0.25, -0.2) is 0 Å². The van der Waals surface area contributed by atoms with E-state index in [4.69, 9.17) is 9.47 Å². The van der Waals surface area contributed by atoms with E-state index in [2.05, 4.69) is 5.32 Å². The minimum absolute atomic E-state index is 0.123. The van der Waals surface area contributed by atoms with Crippen LogP contribution in [0.25, 0.3) is 0 Å². The van der Waals surface area contributed by atoms with Gasteiger partial charge < -0.3 is 19.7 Å². The van der Waals surface area contributed by atoms with Crippen LogP contribution in [-0.4, -0.2) is 23.5 Å². The highest BCUT2D eigenvalue weighted by molar-refractivity contribution is 5.89. The van der Waals surface area contributed by atoms with E-state index in [1.807, 2.05) is 109 Å². The van der Waals surface area contributed by atoms with Crippen LogP contribution in [-0.2, 0) is 29.1 Å². The van der Waals surface area contributed by atoms with Crippen molar-refractivity contribution in [2.24, 2.45) is 0 Å². The van der Waals surface area contributed by atoms with Gasteiger partial charge >= 0.3 is 0 Å². The van der Waals surface area contributed by atoms with Crippen LogP contribution >= 0.6 is 0 Å². The molecule has 4 aromatic carbocycles. The number of benzene rings is 4.